The number of hydrogen-bond acceptors (Lipinski definition) is 2. The van der Waals surface area contributed by atoms with Crippen molar-refractivity contribution in [3.05, 3.63) is 0 Å². The number of carbonyl (C=O) groups is 1. The van der Waals surface area contributed by atoms with Crippen LogP contribution >= 0.6 is 0 Å². The molecule has 2 saturated carbocycles. The zero-order valence-corrected chi connectivity index (χ0v) is 7.54. The molecule has 4 unspecified atom stereocenters. The smallest absolute Gasteiger partial charge is 0.312 e. The van der Waals surface area contributed by atoms with Crippen LogP contribution in [0.3, 0.4) is 0 Å². The Morgan fingerprint density at radius 1 is 1.58 bits per heavy atom. The summed E-state index contributed by atoms with van der Waals surface area (Å²) >= 11 is 0. The van der Waals surface area contributed by atoms with E-state index in [9.17, 15) is 4.79 Å². The first-order chi connectivity index (χ1) is 5.63. The van der Waals surface area contributed by atoms with Crippen LogP contribution in [0.2, 0.25) is 0 Å². The fraction of sp³-hybridized carbons (Fsp3) is 0.900. The predicted octanol–water partition coefficient (Wildman–Crippen LogP) is 1.59. The summed E-state index contributed by atoms with van der Waals surface area (Å²) in [5.74, 6) is 2.00. The van der Waals surface area contributed by atoms with Gasteiger partial charge in [0.05, 0.1) is 5.41 Å². The molecule has 0 amide bonds. The quantitative estimate of drug-likeness (QED) is 0.511. The molecule has 12 heavy (non-hydrogen) atoms. The Hall–Kier alpha value is -0.530. The van der Waals surface area contributed by atoms with Gasteiger partial charge in [-0.25, -0.2) is 0 Å². The maximum atomic E-state index is 11.5. The van der Waals surface area contributed by atoms with E-state index in [0.717, 1.165) is 12.3 Å². The highest BCUT2D eigenvalue weighted by molar-refractivity contribution is 5.80. The number of hydrogen-bond donors (Lipinski definition) is 0. The van der Waals surface area contributed by atoms with Crippen molar-refractivity contribution in [1.29, 1.82) is 0 Å². The molecule has 0 N–H and O–H groups in total. The number of ether oxygens (including phenoxy) is 1. The molecular formula is C10H14O2. The van der Waals surface area contributed by atoms with Crippen LogP contribution in [0, 0.1) is 23.2 Å². The SMILES string of the molecule is CC1C2CC3C1OC(=O)[C@]3(C)C2. The van der Waals surface area contributed by atoms with Crippen molar-refractivity contribution in [1.82, 2.24) is 0 Å². The minimum atomic E-state index is -0.0954. The zero-order chi connectivity index (χ0) is 8.51. The van der Waals surface area contributed by atoms with E-state index in [0.29, 0.717) is 11.8 Å². The molecule has 3 fully saturated rings. The summed E-state index contributed by atoms with van der Waals surface area (Å²) in [6.07, 6.45) is 2.57. The van der Waals surface area contributed by atoms with Gasteiger partial charge in [-0.15, -0.1) is 0 Å². The lowest BCUT2D eigenvalue weighted by Gasteiger charge is -2.26. The summed E-state index contributed by atoms with van der Waals surface area (Å²) < 4.78 is 5.42. The maximum Gasteiger partial charge on any atom is 0.312 e. The predicted molar refractivity (Wildman–Crippen MR) is 43.4 cm³/mol. The largest absolute Gasteiger partial charge is 0.461 e. The van der Waals surface area contributed by atoms with Crippen molar-refractivity contribution in [2.45, 2.75) is 32.8 Å². The van der Waals surface area contributed by atoms with E-state index in [-0.39, 0.29) is 17.5 Å². The molecule has 2 bridgehead atoms. The van der Waals surface area contributed by atoms with Crippen molar-refractivity contribution in [3.63, 3.8) is 0 Å². The lowest BCUT2D eigenvalue weighted by atomic mass is 9.73. The van der Waals surface area contributed by atoms with Crippen molar-refractivity contribution in [3.8, 4) is 0 Å². The molecule has 0 spiro atoms. The van der Waals surface area contributed by atoms with Crippen LogP contribution in [0.5, 0.6) is 0 Å². The molecule has 66 valence electrons. The number of esters is 1. The molecule has 2 heteroatoms. The highest BCUT2D eigenvalue weighted by atomic mass is 16.6. The molecule has 2 nitrogen and oxygen atoms in total. The van der Waals surface area contributed by atoms with E-state index < -0.39 is 0 Å². The van der Waals surface area contributed by atoms with E-state index in [4.69, 9.17) is 4.74 Å². The second-order valence-electron chi connectivity index (χ2n) is 4.95. The highest BCUT2D eigenvalue weighted by Gasteiger charge is 2.66. The zero-order valence-electron chi connectivity index (χ0n) is 7.54. The van der Waals surface area contributed by atoms with Gasteiger partial charge in [0.2, 0.25) is 0 Å². The van der Waals surface area contributed by atoms with Gasteiger partial charge in [0.25, 0.3) is 0 Å². The molecule has 0 aromatic rings. The molecule has 0 aromatic carbocycles. The van der Waals surface area contributed by atoms with Crippen LogP contribution in [-0.2, 0) is 9.53 Å². The monoisotopic (exact) mass is 166 g/mol. The Labute approximate surface area is 72.3 Å². The van der Waals surface area contributed by atoms with Gasteiger partial charge in [0.1, 0.15) is 6.10 Å². The lowest BCUT2D eigenvalue weighted by Crippen LogP contribution is -2.31. The molecule has 0 aromatic heterocycles. The molecule has 0 radical (unpaired) electrons. The van der Waals surface area contributed by atoms with E-state index in [1.807, 2.05) is 0 Å². The number of carbonyl (C=O) groups excluding carboxylic acids is 1. The van der Waals surface area contributed by atoms with Gasteiger partial charge < -0.3 is 4.74 Å². The highest BCUT2D eigenvalue weighted by Crippen LogP contribution is 2.63. The third-order valence-electron chi connectivity index (χ3n) is 4.43. The Morgan fingerprint density at radius 3 is 2.92 bits per heavy atom. The summed E-state index contributed by atoms with van der Waals surface area (Å²) in [5, 5.41) is 0. The topological polar surface area (TPSA) is 26.3 Å². The van der Waals surface area contributed by atoms with Crippen LogP contribution < -0.4 is 0 Å². The van der Waals surface area contributed by atoms with Crippen molar-refractivity contribution in [2.75, 3.05) is 0 Å². The van der Waals surface area contributed by atoms with Gasteiger partial charge in [-0.05, 0) is 31.6 Å². The Kier molecular flexibility index (Phi) is 0.984. The van der Waals surface area contributed by atoms with Gasteiger partial charge in [-0.2, -0.15) is 0 Å². The van der Waals surface area contributed by atoms with E-state index in [1.54, 1.807) is 0 Å². The van der Waals surface area contributed by atoms with Gasteiger partial charge in [-0.1, -0.05) is 6.92 Å². The van der Waals surface area contributed by atoms with Crippen LogP contribution in [-0.4, -0.2) is 12.1 Å². The van der Waals surface area contributed by atoms with Crippen molar-refractivity contribution >= 4 is 5.97 Å². The van der Waals surface area contributed by atoms with Gasteiger partial charge in [0, 0.05) is 5.92 Å². The summed E-state index contributed by atoms with van der Waals surface area (Å²) in [6, 6.07) is 0. The first-order valence-electron chi connectivity index (χ1n) is 4.84. The number of fused-ring (bicyclic) bond motifs is 1. The van der Waals surface area contributed by atoms with Gasteiger partial charge in [0.15, 0.2) is 0 Å². The van der Waals surface area contributed by atoms with Crippen LogP contribution in [0.15, 0.2) is 0 Å². The summed E-state index contributed by atoms with van der Waals surface area (Å²) in [4.78, 5) is 11.5. The normalized spacial score (nSPS) is 61.0. The third kappa shape index (κ3) is 0.511. The summed E-state index contributed by atoms with van der Waals surface area (Å²) in [7, 11) is 0. The number of rotatable bonds is 0. The maximum absolute atomic E-state index is 11.5. The fourth-order valence-electron chi connectivity index (χ4n) is 3.58. The molecule has 3 rings (SSSR count). The average Bonchev–Trinajstić information content (AvgIpc) is 2.53. The second kappa shape index (κ2) is 1.70. The molecule has 1 aliphatic heterocycles. The van der Waals surface area contributed by atoms with Gasteiger partial charge >= 0.3 is 5.97 Å². The molecule has 1 saturated heterocycles. The van der Waals surface area contributed by atoms with Gasteiger partial charge in [-0.3, -0.25) is 4.79 Å². The molecule has 2 aliphatic carbocycles. The summed E-state index contributed by atoms with van der Waals surface area (Å²) in [5.41, 5.74) is -0.0954. The fourth-order valence-corrected chi connectivity index (χ4v) is 3.58. The van der Waals surface area contributed by atoms with E-state index in [2.05, 4.69) is 13.8 Å². The Morgan fingerprint density at radius 2 is 2.33 bits per heavy atom. The minimum absolute atomic E-state index is 0.0735. The summed E-state index contributed by atoms with van der Waals surface area (Å²) in [6.45, 7) is 4.32. The molecule has 1 heterocycles. The van der Waals surface area contributed by atoms with E-state index in [1.165, 1.54) is 6.42 Å². The Balaban J connectivity index is 2.09. The molecule has 3 aliphatic rings. The van der Waals surface area contributed by atoms with E-state index >= 15 is 0 Å². The minimum Gasteiger partial charge on any atom is -0.461 e. The standard InChI is InChI=1S/C10H14O2/c1-5-6-3-7-8(5)12-9(11)10(7,2)4-6/h5-8H,3-4H2,1-2H3/t5?,6?,7?,8?,10-/m1/s1. The first-order valence-corrected chi connectivity index (χ1v) is 4.84. The second-order valence-corrected chi connectivity index (χ2v) is 4.95. The first kappa shape index (κ1) is 6.93. The molecular weight excluding hydrogens is 152 g/mol. The Bertz CT molecular complexity index is 261. The van der Waals surface area contributed by atoms with Crippen molar-refractivity contribution < 1.29 is 9.53 Å². The van der Waals surface area contributed by atoms with Crippen LogP contribution in [0.1, 0.15) is 26.7 Å². The average molecular weight is 166 g/mol. The van der Waals surface area contributed by atoms with Crippen LogP contribution in [0.4, 0.5) is 0 Å². The van der Waals surface area contributed by atoms with Crippen molar-refractivity contribution in [2.24, 2.45) is 23.2 Å². The van der Waals surface area contributed by atoms with Crippen LogP contribution in [0.25, 0.3) is 0 Å². The molecule has 5 atom stereocenters. The lowest BCUT2D eigenvalue weighted by molar-refractivity contribution is -0.147. The third-order valence-corrected chi connectivity index (χ3v) is 4.43.